The van der Waals surface area contributed by atoms with Crippen LogP contribution in [0.5, 0.6) is 5.75 Å². The molecule has 0 unspecified atom stereocenters. The molecule has 40 heavy (non-hydrogen) atoms. The Morgan fingerprint density at radius 2 is 1.57 bits per heavy atom. The van der Waals surface area contributed by atoms with Crippen molar-refractivity contribution < 1.29 is 22.7 Å². The topological polar surface area (TPSA) is 96.0 Å². The molecule has 0 spiro atoms. The first kappa shape index (κ1) is 30.7. The van der Waals surface area contributed by atoms with Crippen LogP contribution in [-0.4, -0.2) is 50.9 Å². The van der Waals surface area contributed by atoms with Gasteiger partial charge in [0.2, 0.25) is 11.8 Å². The second-order valence-corrected chi connectivity index (χ2v) is 12.0. The van der Waals surface area contributed by atoms with Crippen molar-refractivity contribution in [2.45, 2.75) is 64.6 Å². The van der Waals surface area contributed by atoms with Crippen molar-refractivity contribution in [1.82, 2.24) is 10.2 Å². The predicted molar refractivity (Wildman–Crippen MR) is 158 cm³/mol. The molecule has 3 aromatic carbocycles. The summed E-state index contributed by atoms with van der Waals surface area (Å²) in [5.41, 5.74) is 3.09. The number of anilines is 1. The molecule has 3 rings (SSSR count). The molecule has 1 atom stereocenters. The summed E-state index contributed by atoms with van der Waals surface area (Å²) in [5.74, 6) is -0.213. The number of benzene rings is 3. The number of hydrogen-bond donors (Lipinski definition) is 1. The predicted octanol–water partition coefficient (Wildman–Crippen LogP) is 4.84. The zero-order chi connectivity index (χ0) is 29.4. The Morgan fingerprint density at radius 3 is 2.12 bits per heavy atom. The first-order valence-electron chi connectivity index (χ1n) is 13.3. The third-order valence-corrected chi connectivity index (χ3v) is 8.29. The summed E-state index contributed by atoms with van der Waals surface area (Å²) >= 11 is 0. The van der Waals surface area contributed by atoms with E-state index in [0.29, 0.717) is 17.9 Å². The van der Waals surface area contributed by atoms with Crippen LogP contribution in [0.1, 0.15) is 43.9 Å². The third kappa shape index (κ3) is 7.63. The zero-order valence-corrected chi connectivity index (χ0v) is 24.9. The van der Waals surface area contributed by atoms with Crippen molar-refractivity contribution in [1.29, 1.82) is 0 Å². The van der Waals surface area contributed by atoms with Crippen LogP contribution in [0.2, 0.25) is 0 Å². The van der Waals surface area contributed by atoms with Gasteiger partial charge in [0.1, 0.15) is 18.3 Å². The van der Waals surface area contributed by atoms with Crippen LogP contribution in [0.15, 0.2) is 77.7 Å². The average molecular weight is 566 g/mol. The first-order chi connectivity index (χ1) is 19.0. The number of nitrogens with one attached hydrogen (secondary N) is 1. The van der Waals surface area contributed by atoms with E-state index in [9.17, 15) is 18.0 Å². The number of ether oxygens (including phenoxy) is 1. The van der Waals surface area contributed by atoms with Crippen LogP contribution in [0.4, 0.5) is 5.69 Å². The van der Waals surface area contributed by atoms with Gasteiger partial charge in [-0.25, -0.2) is 8.42 Å². The number of sulfonamides is 1. The molecule has 2 amide bonds. The number of rotatable bonds is 12. The minimum Gasteiger partial charge on any atom is -0.497 e. The first-order valence-corrected chi connectivity index (χ1v) is 14.8. The second-order valence-electron chi connectivity index (χ2n) is 10.1. The van der Waals surface area contributed by atoms with Crippen LogP contribution < -0.4 is 14.4 Å². The number of hydrogen-bond acceptors (Lipinski definition) is 5. The van der Waals surface area contributed by atoms with E-state index < -0.39 is 28.5 Å². The molecule has 0 bridgehead atoms. The van der Waals surface area contributed by atoms with Crippen LogP contribution >= 0.6 is 0 Å². The molecule has 8 nitrogen and oxygen atoms in total. The van der Waals surface area contributed by atoms with E-state index in [-0.39, 0.29) is 23.4 Å². The van der Waals surface area contributed by atoms with Crippen molar-refractivity contribution >= 4 is 27.5 Å². The number of nitrogens with zero attached hydrogens (tertiary/aromatic N) is 2. The van der Waals surface area contributed by atoms with Gasteiger partial charge < -0.3 is 15.0 Å². The highest BCUT2D eigenvalue weighted by Crippen LogP contribution is 2.27. The molecule has 0 fully saturated rings. The van der Waals surface area contributed by atoms with Crippen LogP contribution in [0, 0.1) is 13.8 Å². The van der Waals surface area contributed by atoms with Gasteiger partial charge in [0.15, 0.2) is 0 Å². The van der Waals surface area contributed by atoms with Crippen molar-refractivity contribution in [3.63, 3.8) is 0 Å². The molecule has 9 heteroatoms. The maximum atomic E-state index is 14.1. The van der Waals surface area contributed by atoms with Crippen molar-refractivity contribution in [2.75, 3.05) is 18.0 Å². The number of methoxy groups -OCH3 is 1. The van der Waals surface area contributed by atoms with E-state index in [1.165, 1.54) is 24.1 Å². The number of carbonyl (C=O) groups is 2. The summed E-state index contributed by atoms with van der Waals surface area (Å²) in [5, 5.41) is 2.91. The van der Waals surface area contributed by atoms with Gasteiger partial charge in [-0.1, -0.05) is 54.4 Å². The molecule has 214 valence electrons. The lowest BCUT2D eigenvalue weighted by Crippen LogP contribution is -2.53. The highest BCUT2D eigenvalue weighted by Gasteiger charge is 2.33. The lowest BCUT2D eigenvalue weighted by molar-refractivity contribution is -0.140. The highest BCUT2D eigenvalue weighted by molar-refractivity contribution is 7.92. The lowest BCUT2D eigenvalue weighted by atomic mass is 10.1. The van der Waals surface area contributed by atoms with Crippen LogP contribution in [-0.2, 0) is 26.2 Å². The molecule has 1 N–H and O–H groups in total. The summed E-state index contributed by atoms with van der Waals surface area (Å²) in [6, 6.07) is 19.8. The molecule has 0 heterocycles. The molecule has 0 saturated heterocycles. The maximum Gasteiger partial charge on any atom is 0.264 e. The Labute approximate surface area is 238 Å². The van der Waals surface area contributed by atoms with Crippen molar-refractivity contribution in [3.05, 3.63) is 89.5 Å². The van der Waals surface area contributed by atoms with Gasteiger partial charge in [-0.15, -0.1) is 0 Å². The van der Waals surface area contributed by atoms with Crippen LogP contribution in [0.25, 0.3) is 0 Å². The monoisotopic (exact) mass is 565 g/mol. The Balaban J connectivity index is 2.07. The molecule has 0 aliphatic rings. The summed E-state index contributed by atoms with van der Waals surface area (Å²) in [6.45, 7) is 9.06. The molecule has 0 aliphatic heterocycles. The smallest absolute Gasteiger partial charge is 0.264 e. The molecule has 3 aromatic rings. The minimum absolute atomic E-state index is 0.0662. The standard InChI is InChI=1S/C31H39N3O5S/c1-7-29(31(36)32-22(2)3)33(20-25-10-8-9-24(5)19-25)30(35)21-34(26-13-15-27(39-6)16-14-26)40(37,38)28-17-11-23(4)12-18-28/h8-19,22,29H,7,20-21H2,1-6H3,(H,32,36)/t29-/m0/s1. The quantitative estimate of drug-likeness (QED) is 0.339. The van der Waals surface area contributed by atoms with Gasteiger partial charge in [-0.3, -0.25) is 13.9 Å². The van der Waals surface area contributed by atoms with E-state index in [2.05, 4.69) is 5.32 Å². The third-order valence-electron chi connectivity index (χ3n) is 6.50. The molecule has 0 saturated carbocycles. The highest BCUT2D eigenvalue weighted by atomic mass is 32.2. The molecular formula is C31H39N3O5S. The molecule has 0 aromatic heterocycles. The Bertz CT molecular complexity index is 1400. The normalized spacial score (nSPS) is 12.1. The lowest BCUT2D eigenvalue weighted by Gasteiger charge is -2.33. The maximum absolute atomic E-state index is 14.1. The van der Waals surface area contributed by atoms with Crippen molar-refractivity contribution in [2.24, 2.45) is 0 Å². The minimum atomic E-state index is -4.13. The number of amides is 2. The van der Waals surface area contributed by atoms with Crippen LogP contribution in [0.3, 0.4) is 0 Å². The SMILES string of the molecule is CC[C@@H](C(=O)NC(C)C)N(Cc1cccc(C)c1)C(=O)CN(c1ccc(OC)cc1)S(=O)(=O)c1ccc(C)cc1. The fourth-order valence-corrected chi connectivity index (χ4v) is 5.84. The molecule has 0 aliphatic carbocycles. The molecule has 0 radical (unpaired) electrons. The summed E-state index contributed by atoms with van der Waals surface area (Å²) in [6.07, 6.45) is 0.364. The van der Waals surface area contributed by atoms with Gasteiger partial charge >= 0.3 is 0 Å². The fourth-order valence-electron chi connectivity index (χ4n) is 4.42. The van der Waals surface area contributed by atoms with Gasteiger partial charge in [0, 0.05) is 12.6 Å². The summed E-state index contributed by atoms with van der Waals surface area (Å²) < 4.78 is 34.2. The summed E-state index contributed by atoms with van der Waals surface area (Å²) in [7, 11) is -2.60. The summed E-state index contributed by atoms with van der Waals surface area (Å²) in [4.78, 5) is 28.8. The Kier molecular flexibility index (Phi) is 10.3. The van der Waals surface area contributed by atoms with E-state index in [1.54, 1.807) is 36.4 Å². The Morgan fingerprint density at radius 1 is 0.925 bits per heavy atom. The van der Waals surface area contributed by atoms with Gasteiger partial charge in [0.05, 0.1) is 17.7 Å². The van der Waals surface area contributed by atoms with E-state index in [1.807, 2.05) is 58.9 Å². The second kappa shape index (κ2) is 13.5. The number of aryl methyl sites for hydroxylation is 2. The van der Waals surface area contributed by atoms with Gasteiger partial charge in [-0.05, 0) is 76.1 Å². The molecular weight excluding hydrogens is 526 g/mol. The van der Waals surface area contributed by atoms with Gasteiger partial charge in [0.25, 0.3) is 10.0 Å². The van der Waals surface area contributed by atoms with E-state index in [4.69, 9.17) is 4.74 Å². The Hall–Kier alpha value is -3.85. The largest absolute Gasteiger partial charge is 0.497 e. The zero-order valence-electron chi connectivity index (χ0n) is 24.0. The van der Waals surface area contributed by atoms with E-state index in [0.717, 1.165) is 21.0 Å². The van der Waals surface area contributed by atoms with E-state index >= 15 is 0 Å². The number of carbonyl (C=O) groups excluding carboxylic acids is 2. The van der Waals surface area contributed by atoms with Gasteiger partial charge in [-0.2, -0.15) is 0 Å². The fraction of sp³-hybridized carbons (Fsp3) is 0.355. The average Bonchev–Trinajstić information content (AvgIpc) is 2.91. The van der Waals surface area contributed by atoms with Crippen molar-refractivity contribution in [3.8, 4) is 5.75 Å².